The molecule has 1 atom stereocenters. The molecule has 0 aromatic heterocycles. The summed E-state index contributed by atoms with van der Waals surface area (Å²) >= 11 is 11.8. The first-order valence-corrected chi connectivity index (χ1v) is 5.43. The topological polar surface area (TPSA) is 20.2 Å². The molecule has 0 bridgehead atoms. The molecule has 0 aliphatic carbocycles. The molecule has 0 fully saturated rings. The molecule has 3 heteroatoms. The van der Waals surface area contributed by atoms with Gasteiger partial charge < -0.3 is 5.11 Å². The number of hydrogen-bond acceptors (Lipinski definition) is 1. The summed E-state index contributed by atoms with van der Waals surface area (Å²) in [6.07, 6.45) is 0.624. The highest BCUT2D eigenvalue weighted by Crippen LogP contribution is 2.28. The molecule has 1 aromatic rings. The lowest BCUT2D eigenvalue weighted by molar-refractivity contribution is 0.169. The average molecular weight is 243 g/mol. The van der Waals surface area contributed by atoms with Crippen LogP contribution < -0.4 is 0 Å². The first kappa shape index (κ1) is 12.4. The molecule has 1 unspecified atom stereocenters. The second-order valence-corrected chi connectivity index (χ2v) is 3.99. The normalized spacial score (nSPS) is 11.7. The predicted octanol–water partition coefficient (Wildman–Crippen LogP) is 3.83. The fraction of sp³-hybridized carbons (Fsp3) is 0.333. The third-order valence-electron chi connectivity index (χ3n) is 2.04. The maximum atomic E-state index is 9.84. The summed E-state index contributed by atoms with van der Waals surface area (Å²) in [5.41, 5.74) is 0.669. The third kappa shape index (κ3) is 3.76. The van der Waals surface area contributed by atoms with Gasteiger partial charge in [0.1, 0.15) is 0 Å². The van der Waals surface area contributed by atoms with Crippen LogP contribution in [0.4, 0.5) is 0 Å². The van der Waals surface area contributed by atoms with Gasteiger partial charge in [0.2, 0.25) is 0 Å². The van der Waals surface area contributed by atoms with Crippen molar-refractivity contribution in [1.82, 2.24) is 0 Å². The molecule has 0 saturated heterocycles. The number of rotatable bonds is 3. The SMILES string of the molecule is CC#CCCC(O)c1cc(Cl)ccc1Cl. The molecule has 0 heterocycles. The quantitative estimate of drug-likeness (QED) is 0.800. The second-order valence-electron chi connectivity index (χ2n) is 3.15. The molecule has 0 spiro atoms. The van der Waals surface area contributed by atoms with Crippen molar-refractivity contribution < 1.29 is 5.11 Å². The van der Waals surface area contributed by atoms with Crippen LogP contribution in [0.1, 0.15) is 31.4 Å². The van der Waals surface area contributed by atoms with Crippen LogP contribution in [0, 0.1) is 11.8 Å². The van der Waals surface area contributed by atoms with E-state index in [4.69, 9.17) is 23.2 Å². The van der Waals surface area contributed by atoms with Gasteiger partial charge in [0.15, 0.2) is 0 Å². The lowest BCUT2D eigenvalue weighted by Gasteiger charge is -2.11. The molecule has 1 nitrogen and oxygen atoms in total. The summed E-state index contributed by atoms with van der Waals surface area (Å²) in [6, 6.07) is 5.08. The number of hydrogen-bond donors (Lipinski definition) is 1. The van der Waals surface area contributed by atoms with E-state index in [-0.39, 0.29) is 0 Å². The first-order chi connectivity index (χ1) is 7.15. The van der Waals surface area contributed by atoms with E-state index in [2.05, 4.69) is 11.8 Å². The standard InChI is InChI=1S/C12H12Cl2O/c1-2-3-4-5-12(15)10-8-9(13)6-7-11(10)14/h6-8,12,15H,4-5H2,1H3. The van der Waals surface area contributed by atoms with Gasteiger partial charge >= 0.3 is 0 Å². The molecule has 1 N–H and O–H groups in total. The van der Waals surface area contributed by atoms with Crippen LogP contribution in [0.3, 0.4) is 0 Å². The lowest BCUT2D eigenvalue weighted by Crippen LogP contribution is -1.97. The fourth-order valence-electron chi connectivity index (χ4n) is 1.26. The second kappa shape index (κ2) is 6.02. The minimum absolute atomic E-state index is 0.538. The van der Waals surface area contributed by atoms with Gasteiger partial charge in [0.05, 0.1) is 6.10 Å². The Bertz CT molecular complexity index is 390. The van der Waals surface area contributed by atoms with E-state index in [9.17, 15) is 5.11 Å². The van der Waals surface area contributed by atoms with Crippen LogP contribution in [0.25, 0.3) is 0 Å². The van der Waals surface area contributed by atoms with E-state index in [0.29, 0.717) is 28.5 Å². The summed E-state index contributed by atoms with van der Waals surface area (Å²) in [5.74, 6) is 5.68. The number of halogens is 2. The minimum atomic E-state index is -0.600. The van der Waals surface area contributed by atoms with E-state index >= 15 is 0 Å². The van der Waals surface area contributed by atoms with Crippen molar-refractivity contribution >= 4 is 23.2 Å². The van der Waals surface area contributed by atoms with Crippen molar-refractivity contribution in [3.05, 3.63) is 33.8 Å². The molecule has 0 saturated carbocycles. The van der Waals surface area contributed by atoms with Crippen LogP contribution in [-0.2, 0) is 0 Å². The summed E-state index contributed by atoms with van der Waals surface area (Å²) < 4.78 is 0. The van der Waals surface area contributed by atoms with Crippen molar-refractivity contribution in [3.8, 4) is 11.8 Å². The van der Waals surface area contributed by atoms with Gasteiger partial charge in [-0.2, -0.15) is 0 Å². The van der Waals surface area contributed by atoms with Gasteiger partial charge in [-0.1, -0.05) is 23.2 Å². The fourth-order valence-corrected chi connectivity index (χ4v) is 1.68. The average Bonchev–Trinajstić information content (AvgIpc) is 2.22. The molecule has 1 aromatic carbocycles. The van der Waals surface area contributed by atoms with Crippen molar-refractivity contribution in [2.75, 3.05) is 0 Å². The maximum absolute atomic E-state index is 9.84. The van der Waals surface area contributed by atoms with E-state index in [1.807, 2.05) is 0 Å². The lowest BCUT2D eigenvalue weighted by atomic mass is 10.1. The minimum Gasteiger partial charge on any atom is -0.388 e. The summed E-state index contributed by atoms with van der Waals surface area (Å²) in [6.45, 7) is 1.78. The summed E-state index contributed by atoms with van der Waals surface area (Å²) in [7, 11) is 0. The molecule has 0 aliphatic heterocycles. The molecule has 0 amide bonds. The van der Waals surface area contributed by atoms with Crippen LogP contribution >= 0.6 is 23.2 Å². The van der Waals surface area contributed by atoms with Crippen LogP contribution in [0.5, 0.6) is 0 Å². The van der Waals surface area contributed by atoms with Crippen LogP contribution in [-0.4, -0.2) is 5.11 Å². The Morgan fingerprint density at radius 2 is 2.13 bits per heavy atom. The van der Waals surface area contributed by atoms with Crippen LogP contribution in [0.2, 0.25) is 10.0 Å². The highest BCUT2D eigenvalue weighted by atomic mass is 35.5. The van der Waals surface area contributed by atoms with Crippen molar-refractivity contribution in [2.24, 2.45) is 0 Å². The Balaban J connectivity index is 2.74. The Hall–Kier alpha value is -0.680. The molecule has 1 rings (SSSR count). The molecular weight excluding hydrogens is 231 g/mol. The monoisotopic (exact) mass is 242 g/mol. The zero-order valence-electron chi connectivity index (χ0n) is 8.43. The number of benzene rings is 1. The zero-order valence-corrected chi connectivity index (χ0v) is 9.94. The van der Waals surface area contributed by atoms with E-state index in [0.717, 1.165) is 0 Å². The van der Waals surface area contributed by atoms with Gasteiger partial charge in [-0.25, -0.2) is 0 Å². The van der Waals surface area contributed by atoms with Gasteiger partial charge in [-0.15, -0.1) is 11.8 Å². The van der Waals surface area contributed by atoms with E-state index in [1.54, 1.807) is 25.1 Å². The molecule has 80 valence electrons. The predicted molar refractivity (Wildman–Crippen MR) is 64.1 cm³/mol. The summed E-state index contributed by atoms with van der Waals surface area (Å²) in [5, 5.41) is 11.0. The van der Waals surface area contributed by atoms with Gasteiger partial charge in [-0.05, 0) is 31.5 Å². The molecule has 0 radical (unpaired) electrons. The maximum Gasteiger partial charge on any atom is 0.0814 e. The summed E-state index contributed by atoms with van der Waals surface area (Å²) in [4.78, 5) is 0. The highest BCUT2D eigenvalue weighted by molar-refractivity contribution is 6.33. The molecular formula is C12H12Cl2O. The highest BCUT2D eigenvalue weighted by Gasteiger charge is 2.11. The van der Waals surface area contributed by atoms with Crippen LogP contribution in [0.15, 0.2) is 18.2 Å². The largest absolute Gasteiger partial charge is 0.388 e. The number of aliphatic hydroxyl groups is 1. The van der Waals surface area contributed by atoms with Crippen molar-refractivity contribution in [3.63, 3.8) is 0 Å². The van der Waals surface area contributed by atoms with Gasteiger partial charge in [0, 0.05) is 22.0 Å². The van der Waals surface area contributed by atoms with Crippen molar-refractivity contribution in [2.45, 2.75) is 25.9 Å². The zero-order chi connectivity index (χ0) is 11.3. The molecule has 0 aliphatic rings. The third-order valence-corrected chi connectivity index (χ3v) is 2.62. The Morgan fingerprint density at radius 1 is 1.40 bits per heavy atom. The molecule has 15 heavy (non-hydrogen) atoms. The van der Waals surface area contributed by atoms with E-state index in [1.165, 1.54) is 0 Å². The Labute approximate surface area is 100 Å². The first-order valence-electron chi connectivity index (χ1n) is 4.67. The van der Waals surface area contributed by atoms with Gasteiger partial charge in [-0.3, -0.25) is 0 Å². The smallest absolute Gasteiger partial charge is 0.0814 e. The number of aliphatic hydroxyl groups excluding tert-OH is 1. The van der Waals surface area contributed by atoms with E-state index < -0.39 is 6.10 Å². The van der Waals surface area contributed by atoms with Crippen molar-refractivity contribution in [1.29, 1.82) is 0 Å². The van der Waals surface area contributed by atoms with Gasteiger partial charge in [0.25, 0.3) is 0 Å². The Morgan fingerprint density at radius 3 is 2.80 bits per heavy atom. The Kier molecular flexibility index (Phi) is 4.98.